The number of rotatable bonds is 1. The summed E-state index contributed by atoms with van der Waals surface area (Å²) in [7, 11) is 0. The molecule has 2 aliphatic carbocycles. The van der Waals surface area contributed by atoms with Crippen LogP contribution in [0, 0.1) is 6.08 Å². The molecule has 0 saturated heterocycles. The molecule has 0 aliphatic heterocycles. The molecule has 0 bridgehead atoms. The van der Waals surface area contributed by atoms with E-state index in [1.807, 2.05) is 0 Å². The Morgan fingerprint density at radius 1 is 1.40 bits per heavy atom. The van der Waals surface area contributed by atoms with Crippen LogP contribution in [0.2, 0.25) is 0 Å². The largest absolute Gasteiger partial charge is 0.0807 e. The molecule has 51 valence electrons. The van der Waals surface area contributed by atoms with E-state index in [-0.39, 0.29) is 0 Å². The molecule has 0 fully saturated rings. The molecule has 0 heteroatoms. The van der Waals surface area contributed by atoms with Crippen molar-refractivity contribution in [3.63, 3.8) is 0 Å². The van der Waals surface area contributed by atoms with E-state index in [9.17, 15) is 0 Å². The fourth-order valence-electron chi connectivity index (χ4n) is 1.54. The molecule has 0 saturated carbocycles. The third-order valence-electron chi connectivity index (χ3n) is 2.08. The Bertz CT molecular complexity index is 216. The van der Waals surface area contributed by atoms with Gasteiger partial charge in [0.1, 0.15) is 0 Å². The molecule has 0 heterocycles. The van der Waals surface area contributed by atoms with E-state index >= 15 is 0 Å². The Hall–Kier alpha value is -0.780. The first-order valence-corrected chi connectivity index (χ1v) is 3.93. The van der Waals surface area contributed by atoms with E-state index in [0.717, 1.165) is 6.42 Å². The maximum absolute atomic E-state index is 3.34. The molecule has 10 heavy (non-hydrogen) atoms. The van der Waals surface area contributed by atoms with Crippen LogP contribution in [-0.4, -0.2) is 0 Å². The van der Waals surface area contributed by atoms with Gasteiger partial charge in [-0.1, -0.05) is 18.2 Å². The van der Waals surface area contributed by atoms with E-state index in [0.29, 0.717) is 0 Å². The van der Waals surface area contributed by atoms with E-state index in [1.165, 1.54) is 30.4 Å². The highest BCUT2D eigenvalue weighted by atomic mass is 14.1. The van der Waals surface area contributed by atoms with Crippen molar-refractivity contribution in [3.8, 4) is 0 Å². The average Bonchev–Trinajstić information content (AvgIpc) is 2.59. The lowest BCUT2D eigenvalue weighted by atomic mass is 10.1. The highest BCUT2D eigenvalue weighted by molar-refractivity contribution is 5.42. The van der Waals surface area contributed by atoms with Gasteiger partial charge < -0.3 is 0 Å². The quantitative estimate of drug-likeness (QED) is 0.513. The number of hydrogen-bond donors (Lipinski definition) is 0. The van der Waals surface area contributed by atoms with Crippen LogP contribution in [0.15, 0.2) is 29.4 Å². The lowest BCUT2D eigenvalue weighted by Gasteiger charge is -1.96. The minimum absolute atomic E-state index is 1.02. The minimum atomic E-state index is 1.02. The van der Waals surface area contributed by atoms with E-state index in [1.54, 1.807) is 0 Å². The topological polar surface area (TPSA) is 0 Å². The second-order valence-corrected chi connectivity index (χ2v) is 2.82. The summed E-state index contributed by atoms with van der Waals surface area (Å²) in [6.07, 6.45) is 15.0. The monoisotopic (exact) mass is 131 g/mol. The Morgan fingerprint density at radius 2 is 2.40 bits per heavy atom. The van der Waals surface area contributed by atoms with Crippen molar-refractivity contribution in [2.24, 2.45) is 0 Å². The first-order chi connectivity index (χ1) is 4.97. The van der Waals surface area contributed by atoms with E-state index in [2.05, 4.69) is 24.3 Å². The van der Waals surface area contributed by atoms with E-state index in [4.69, 9.17) is 0 Å². The van der Waals surface area contributed by atoms with Crippen molar-refractivity contribution in [2.75, 3.05) is 0 Å². The van der Waals surface area contributed by atoms with Crippen LogP contribution in [0.25, 0.3) is 0 Å². The predicted molar refractivity (Wildman–Crippen MR) is 42.4 cm³/mol. The predicted octanol–water partition coefficient (Wildman–Crippen LogP) is 2.79. The van der Waals surface area contributed by atoms with Crippen molar-refractivity contribution in [3.05, 3.63) is 35.5 Å². The second kappa shape index (κ2) is 2.45. The molecule has 0 unspecified atom stereocenters. The molecule has 1 radical (unpaired) electrons. The summed E-state index contributed by atoms with van der Waals surface area (Å²) in [5.41, 5.74) is 2.88. The van der Waals surface area contributed by atoms with Crippen molar-refractivity contribution < 1.29 is 0 Å². The van der Waals surface area contributed by atoms with Gasteiger partial charge in [0.25, 0.3) is 0 Å². The summed E-state index contributed by atoms with van der Waals surface area (Å²) in [5.74, 6) is 0. The summed E-state index contributed by atoms with van der Waals surface area (Å²) in [5, 5.41) is 0. The van der Waals surface area contributed by atoms with Crippen LogP contribution in [-0.2, 0) is 0 Å². The highest BCUT2D eigenvalue weighted by Crippen LogP contribution is 2.27. The molecule has 0 nitrogen and oxygen atoms in total. The Kier molecular flexibility index (Phi) is 1.46. The molecule has 2 aliphatic rings. The third kappa shape index (κ3) is 0.942. The normalized spacial score (nSPS) is 23.2. The molecular formula is C10H11. The molecule has 0 atom stereocenters. The Balaban J connectivity index is 2.18. The zero-order valence-electron chi connectivity index (χ0n) is 6.06. The molecule has 2 rings (SSSR count). The lowest BCUT2D eigenvalue weighted by molar-refractivity contribution is 0.912. The van der Waals surface area contributed by atoms with Gasteiger partial charge in [0.15, 0.2) is 0 Å². The van der Waals surface area contributed by atoms with Crippen LogP contribution in [0.3, 0.4) is 0 Å². The molecule has 0 aromatic rings. The number of allylic oxidation sites excluding steroid dienone is 6. The molecule has 0 N–H and O–H groups in total. The molecular weight excluding hydrogens is 120 g/mol. The Labute approximate surface area is 61.9 Å². The van der Waals surface area contributed by atoms with Gasteiger partial charge in [0.2, 0.25) is 0 Å². The van der Waals surface area contributed by atoms with Gasteiger partial charge in [0, 0.05) is 0 Å². The molecule has 0 aromatic carbocycles. The first kappa shape index (κ1) is 5.96. The van der Waals surface area contributed by atoms with Gasteiger partial charge >= 0.3 is 0 Å². The molecule has 0 aromatic heterocycles. The average molecular weight is 131 g/mol. The molecule has 0 amide bonds. The zero-order valence-corrected chi connectivity index (χ0v) is 6.06. The van der Waals surface area contributed by atoms with Crippen LogP contribution in [0.4, 0.5) is 0 Å². The van der Waals surface area contributed by atoms with Gasteiger partial charge in [-0.05, 0) is 42.9 Å². The second-order valence-electron chi connectivity index (χ2n) is 2.82. The van der Waals surface area contributed by atoms with Gasteiger partial charge in [-0.3, -0.25) is 0 Å². The van der Waals surface area contributed by atoms with Crippen molar-refractivity contribution in [2.45, 2.75) is 25.7 Å². The summed E-state index contributed by atoms with van der Waals surface area (Å²) in [6, 6.07) is 0. The van der Waals surface area contributed by atoms with Gasteiger partial charge in [-0.25, -0.2) is 0 Å². The van der Waals surface area contributed by atoms with Gasteiger partial charge in [0.05, 0.1) is 0 Å². The first-order valence-electron chi connectivity index (χ1n) is 3.93. The highest BCUT2D eigenvalue weighted by Gasteiger charge is 2.08. The van der Waals surface area contributed by atoms with Crippen LogP contribution in [0.5, 0.6) is 0 Å². The standard InChI is InChI=1S/C10H11/c1-2-6-9(5-1)10-7-3-4-8-10/h1,5,7H,2-4,8H2. The van der Waals surface area contributed by atoms with Crippen LogP contribution >= 0.6 is 0 Å². The van der Waals surface area contributed by atoms with Crippen LogP contribution < -0.4 is 0 Å². The summed E-state index contributed by atoms with van der Waals surface area (Å²) in [6.45, 7) is 0. The number of hydrogen-bond acceptors (Lipinski definition) is 0. The van der Waals surface area contributed by atoms with Crippen LogP contribution in [0.1, 0.15) is 25.7 Å². The molecule has 0 spiro atoms. The maximum Gasteiger partial charge on any atom is -0.00850 e. The zero-order chi connectivity index (χ0) is 6.81. The SMILES string of the molecule is [C]1=C(C2=CCCC2)C=CC1. The van der Waals surface area contributed by atoms with Crippen molar-refractivity contribution >= 4 is 0 Å². The minimum Gasteiger partial charge on any atom is -0.0807 e. The third-order valence-corrected chi connectivity index (χ3v) is 2.08. The smallest absolute Gasteiger partial charge is 0.00850 e. The fourth-order valence-corrected chi connectivity index (χ4v) is 1.54. The Morgan fingerprint density at radius 3 is 3.00 bits per heavy atom. The maximum atomic E-state index is 3.34. The van der Waals surface area contributed by atoms with E-state index < -0.39 is 0 Å². The fraction of sp³-hybridized carbons (Fsp3) is 0.400. The lowest BCUT2D eigenvalue weighted by Crippen LogP contribution is -1.78. The van der Waals surface area contributed by atoms with Crippen molar-refractivity contribution in [1.82, 2.24) is 0 Å². The summed E-state index contributed by atoms with van der Waals surface area (Å²) in [4.78, 5) is 0. The summed E-state index contributed by atoms with van der Waals surface area (Å²) >= 11 is 0. The van der Waals surface area contributed by atoms with Crippen molar-refractivity contribution in [1.29, 1.82) is 0 Å². The summed E-state index contributed by atoms with van der Waals surface area (Å²) < 4.78 is 0. The van der Waals surface area contributed by atoms with Gasteiger partial charge in [-0.15, -0.1) is 0 Å². The van der Waals surface area contributed by atoms with Gasteiger partial charge in [-0.2, -0.15) is 0 Å².